The van der Waals surface area contributed by atoms with Crippen molar-refractivity contribution < 1.29 is 14.6 Å². The van der Waals surface area contributed by atoms with Gasteiger partial charge in [0.15, 0.2) is 5.79 Å². The molecule has 0 bridgehead atoms. The Morgan fingerprint density at radius 3 is 2.50 bits per heavy atom. The fraction of sp³-hybridized carbons (Fsp3) is 0.818. The van der Waals surface area contributed by atoms with E-state index in [-0.39, 0.29) is 12.0 Å². The monoisotopic (exact) mass is 198 g/mol. The van der Waals surface area contributed by atoms with Gasteiger partial charge in [0.1, 0.15) is 0 Å². The van der Waals surface area contributed by atoms with Crippen LogP contribution in [0.3, 0.4) is 0 Å². The van der Waals surface area contributed by atoms with Crippen LogP contribution in [0.15, 0.2) is 11.6 Å². The summed E-state index contributed by atoms with van der Waals surface area (Å²) in [7, 11) is 0. The van der Waals surface area contributed by atoms with Gasteiger partial charge in [-0.2, -0.15) is 0 Å². The van der Waals surface area contributed by atoms with Crippen LogP contribution in [0.4, 0.5) is 0 Å². The lowest BCUT2D eigenvalue weighted by Gasteiger charge is -2.23. The first-order valence-electron chi connectivity index (χ1n) is 5.19. The minimum atomic E-state index is -0.521. The first-order valence-corrected chi connectivity index (χ1v) is 5.19. The molecule has 1 heterocycles. The van der Waals surface area contributed by atoms with Crippen LogP contribution in [0.5, 0.6) is 0 Å². The Labute approximate surface area is 84.7 Å². The van der Waals surface area contributed by atoms with Gasteiger partial charge in [0.05, 0.1) is 19.8 Å². The van der Waals surface area contributed by atoms with Gasteiger partial charge in [-0.1, -0.05) is 13.0 Å². The maximum atomic E-state index is 9.24. The fourth-order valence-corrected chi connectivity index (χ4v) is 2.17. The van der Waals surface area contributed by atoms with Crippen molar-refractivity contribution in [1.82, 2.24) is 0 Å². The lowest BCUT2D eigenvalue weighted by Crippen LogP contribution is -2.27. The summed E-state index contributed by atoms with van der Waals surface area (Å²) >= 11 is 0. The zero-order valence-electron chi connectivity index (χ0n) is 8.88. The van der Waals surface area contributed by atoms with Gasteiger partial charge in [-0.3, -0.25) is 0 Å². The molecule has 1 atom stereocenters. The molecule has 1 saturated heterocycles. The van der Waals surface area contributed by atoms with Crippen LogP contribution in [0, 0.1) is 5.41 Å². The van der Waals surface area contributed by atoms with E-state index >= 15 is 0 Å². The number of hydrogen-bond donors (Lipinski definition) is 1. The molecule has 0 aromatic rings. The molecular weight excluding hydrogens is 180 g/mol. The topological polar surface area (TPSA) is 38.7 Å². The third-order valence-corrected chi connectivity index (χ3v) is 3.27. The molecule has 0 saturated carbocycles. The molecule has 0 spiro atoms. The van der Waals surface area contributed by atoms with Gasteiger partial charge >= 0.3 is 0 Å². The Morgan fingerprint density at radius 1 is 1.36 bits per heavy atom. The standard InChI is InChI=1S/C11H18O3/c1-10(8-12)4-3-9(7-10)11(2)13-5-6-14-11/h7,12H,3-6,8H2,1-2H3. The molecule has 3 nitrogen and oxygen atoms in total. The molecule has 1 N–H and O–H groups in total. The summed E-state index contributed by atoms with van der Waals surface area (Å²) in [6.07, 6.45) is 4.08. The highest BCUT2D eigenvalue weighted by Crippen LogP contribution is 2.42. The first-order chi connectivity index (χ1) is 6.58. The van der Waals surface area contributed by atoms with Crippen molar-refractivity contribution in [2.24, 2.45) is 5.41 Å². The van der Waals surface area contributed by atoms with Gasteiger partial charge in [0.2, 0.25) is 0 Å². The van der Waals surface area contributed by atoms with E-state index < -0.39 is 5.79 Å². The van der Waals surface area contributed by atoms with Crippen molar-refractivity contribution >= 4 is 0 Å². The van der Waals surface area contributed by atoms with E-state index in [0.29, 0.717) is 13.2 Å². The zero-order chi connectivity index (χ0) is 10.2. The fourth-order valence-electron chi connectivity index (χ4n) is 2.17. The summed E-state index contributed by atoms with van der Waals surface area (Å²) in [4.78, 5) is 0. The maximum Gasteiger partial charge on any atom is 0.188 e. The van der Waals surface area contributed by atoms with E-state index in [4.69, 9.17) is 9.47 Å². The normalized spacial score (nSPS) is 36.1. The van der Waals surface area contributed by atoms with E-state index in [1.54, 1.807) is 0 Å². The van der Waals surface area contributed by atoms with Crippen molar-refractivity contribution in [3.05, 3.63) is 11.6 Å². The lowest BCUT2D eigenvalue weighted by atomic mass is 9.92. The molecule has 3 heteroatoms. The SMILES string of the molecule is CC1(CO)C=C(C2(C)OCCO2)CC1. The molecule has 2 rings (SSSR count). The quantitative estimate of drug-likeness (QED) is 0.683. The van der Waals surface area contributed by atoms with Gasteiger partial charge in [0.25, 0.3) is 0 Å². The Morgan fingerprint density at radius 2 is 2.00 bits per heavy atom. The predicted molar refractivity (Wildman–Crippen MR) is 52.8 cm³/mol. The molecule has 14 heavy (non-hydrogen) atoms. The molecule has 2 aliphatic rings. The molecule has 1 unspecified atom stereocenters. The Kier molecular flexibility index (Phi) is 2.41. The van der Waals surface area contributed by atoms with Crippen molar-refractivity contribution in [3.8, 4) is 0 Å². The summed E-state index contributed by atoms with van der Waals surface area (Å²) in [6, 6.07) is 0. The average molecular weight is 198 g/mol. The van der Waals surface area contributed by atoms with E-state index in [1.165, 1.54) is 5.57 Å². The maximum absolute atomic E-state index is 9.24. The number of aliphatic hydroxyl groups excluding tert-OH is 1. The van der Waals surface area contributed by atoms with Crippen LogP contribution < -0.4 is 0 Å². The molecule has 80 valence electrons. The van der Waals surface area contributed by atoms with Crippen LogP contribution >= 0.6 is 0 Å². The summed E-state index contributed by atoms with van der Waals surface area (Å²) < 4.78 is 11.2. The number of ether oxygens (including phenoxy) is 2. The lowest BCUT2D eigenvalue weighted by molar-refractivity contribution is -0.111. The minimum absolute atomic E-state index is 0.0757. The minimum Gasteiger partial charge on any atom is -0.395 e. The molecule has 0 amide bonds. The van der Waals surface area contributed by atoms with Crippen LogP contribution in [0.1, 0.15) is 26.7 Å². The van der Waals surface area contributed by atoms with Gasteiger partial charge in [-0.15, -0.1) is 0 Å². The Hall–Kier alpha value is -0.380. The van der Waals surface area contributed by atoms with E-state index in [0.717, 1.165) is 12.8 Å². The second-order valence-corrected chi connectivity index (χ2v) is 4.62. The molecule has 0 aromatic heterocycles. The first kappa shape index (κ1) is 10.1. The number of aliphatic hydroxyl groups is 1. The predicted octanol–water partition coefficient (Wildman–Crippen LogP) is 1.47. The van der Waals surface area contributed by atoms with Crippen molar-refractivity contribution in [1.29, 1.82) is 0 Å². The third-order valence-electron chi connectivity index (χ3n) is 3.27. The van der Waals surface area contributed by atoms with E-state index in [9.17, 15) is 5.11 Å². The molecular formula is C11H18O3. The Balaban J connectivity index is 2.16. The van der Waals surface area contributed by atoms with Crippen molar-refractivity contribution in [3.63, 3.8) is 0 Å². The highest BCUT2D eigenvalue weighted by atomic mass is 16.7. The second-order valence-electron chi connectivity index (χ2n) is 4.62. The van der Waals surface area contributed by atoms with Crippen LogP contribution in [0.2, 0.25) is 0 Å². The average Bonchev–Trinajstić information content (AvgIpc) is 2.74. The van der Waals surface area contributed by atoms with Gasteiger partial charge in [-0.25, -0.2) is 0 Å². The summed E-state index contributed by atoms with van der Waals surface area (Å²) in [6.45, 7) is 5.58. The Bertz CT molecular complexity index is 253. The summed E-state index contributed by atoms with van der Waals surface area (Å²) in [5, 5.41) is 9.24. The summed E-state index contributed by atoms with van der Waals surface area (Å²) in [5.41, 5.74) is 1.11. The number of rotatable bonds is 2. The zero-order valence-corrected chi connectivity index (χ0v) is 8.88. The van der Waals surface area contributed by atoms with Gasteiger partial charge in [0, 0.05) is 5.41 Å². The van der Waals surface area contributed by atoms with Crippen LogP contribution in [0.25, 0.3) is 0 Å². The molecule has 1 aliphatic carbocycles. The molecule has 0 aromatic carbocycles. The molecule has 0 radical (unpaired) electrons. The smallest absolute Gasteiger partial charge is 0.188 e. The molecule has 1 aliphatic heterocycles. The van der Waals surface area contributed by atoms with Crippen molar-refractivity contribution in [2.75, 3.05) is 19.8 Å². The van der Waals surface area contributed by atoms with Gasteiger partial charge in [-0.05, 0) is 25.3 Å². The molecule has 1 fully saturated rings. The third kappa shape index (κ3) is 1.60. The second kappa shape index (κ2) is 3.33. The summed E-state index contributed by atoms with van der Waals surface area (Å²) in [5.74, 6) is -0.521. The highest BCUT2D eigenvalue weighted by Gasteiger charge is 2.40. The highest BCUT2D eigenvalue weighted by molar-refractivity contribution is 5.23. The van der Waals surface area contributed by atoms with E-state index in [2.05, 4.69) is 13.0 Å². The number of hydrogen-bond acceptors (Lipinski definition) is 3. The van der Waals surface area contributed by atoms with E-state index in [1.807, 2.05) is 6.92 Å². The van der Waals surface area contributed by atoms with Crippen LogP contribution in [-0.2, 0) is 9.47 Å². The van der Waals surface area contributed by atoms with Gasteiger partial charge < -0.3 is 14.6 Å². The van der Waals surface area contributed by atoms with Crippen molar-refractivity contribution in [2.45, 2.75) is 32.5 Å². The van der Waals surface area contributed by atoms with Crippen LogP contribution in [-0.4, -0.2) is 30.7 Å². The largest absolute Gasteiger partial charge is 0.395 e.